The Hall–Kier alpha value is -1.10. The number of ether oxygens (including phenoxy) is 1. The molecule has 1 unspecified atom stereocenters. The summed E-state index contributed by atoms with van der Waals surface area (Å²) in [5.41, 5.74) is 2.04. The Bertz CT molecular complexity index is 480. The highest BCUT2D eigenvalue weighted by atomic mass is 35.5. The van der Waals surface area contributed by atoms with Crippen LogP contribution in [-0.2, 0) is 16.1 Å². The minimum absolute atomic E-state index is 0. The van der Waals surface area contributed by atoms with Crippen molar-refractivity contribution in [2.45, 2.75) is 63.7 Å². The number of carbonyl (C=O) groups is 1. The summed E-state index contributed by atoms with van der Waals surface area (Å²) in [6.45, 7) is 1.71. The molecule has 1 saturated carbocycles. The van der Waals surface area contributed by atoms with E-state index in [0.717, 1.165) is 18.7 Å². The molecule has 0 radical (unpaired) electrons. The van der Waals surface area contributed by atoms with Crippen molar-refractivity contribution < 1.29 is 9.53 Å². The molecule has 1 aromatic rings. The van der Waals surface area contributed by atoms with Crippen LogP contribution in [0.2, 0.25) is 0 Å². The van der Waals surface area contributed by atoms with Crippen molar-refractivity contribution in [1.29, 1.82) is 0 Å². The summed E-state index contributed by atoms with van der Waals surface area (Å²) in [5, 5.41) is 6.32. The molecule has 1 saturated heterocycles. The Labute approximate surface area is 144 Å². The lowest BCUT2D eigenvalue weighted by Gasteiger charge is -2.12. The normalized spacial score (nSPS) is 21.1. The molecule has 0 spiro atoms. The highest BCUT2D eigenvalue weighted by Crippen LogP contribution is 2.22. The second-order valence-corrected chi connectivity index (χ2v) is 6.46. The zero-order chi connectivity index (χ0) is 15.2. The lowest BCUT2D eigenvalue weighted by molar-refractivity contribution is -0.116. The monoisotopic (exact) mass is 338 g/mol. The van der Waals surface area contributed by atoms with Crippen LogP contribution < -0.4 is 10.6 Å². The van der Waals surface area contributed by atoms with E-state index in [4.69, 9.17) is 4.74 Å². The topological polar surface area (TPSA) is 50.4 Å². The number of anilines is 1. The number of benzene rings is 1. The van der Waals surface area contributed by atoms with Crippen molar-refractivity contribution >= 4 is 24.0 Å². The van der Waals surface area contributed by atoms with E-state index >= 15 is 0 Å². The molecule has 5 heteroatoms. The molecule has 23 heavy (non-hydrogen) atoms. The predicted molar refractivity (Wildman–Crippen MR) is 95.0 cm³/mol. The van der Waals surface area contributed by atoms with Crippen LogP contribution in [0.1, 0.15) is 50.5 Å². The standard InChI is InChI=1S/C18H26N2O2.ClH/c21-18(12-16-4-3-11-19-16)20-15-9-7-14(8-10-15)13-22-17-5-1-2-6-17;/h7-10,16-17,19H,1-6,11-13H2,(H,20,21);1H. The Morgan fingerprint density at radius 1 is 1.13 bits per heavy atom. The fourth-order valence-corrected chi connectivity index (χ4v) is 3.32. The van der Waals surface area contributed by atoms with Crippen molar-refractivity contribution in [2.24, 2.45) is 0 Å². The van der Waals surface area contributed by atoms with Gasteiger partial charge in [-0.25, -0.2) is 0 Å². The smallest absolute Gasteiger partial charge is 0.225 e. The summed E-state index contributed by atoms with van der Waals surface area (Å²) in [7, 11) is 0. The van der Waals surface area contributed by atoms with Gasteiger partial charge in [0.05, 0.1) is 12.7 Å². The van der Waals surface area contributed by atoms with Gasteiger partial charge in [0, 0.05) is 18.2 Å². The number of halogens is 1. The van der Waals surface area contributed by atoms with Crippen molar-refractivity contribution in [3.05, 3.63) is 29.8 Å². The van der Waals surface area contributed by atoms with Crippen molar-refractivity contribution in [1.82, 2.24) is 5.32 Å². The molecule has 2 N–H and O–H groups in total. The van der Waals surface area contributed by atoms with E-state index in [1.165, 1.54) is 37.7 Å². The molecule has 2 aliphatic rings. The van der Waals surface area contributed by atoms with E-state index in [9.17, 15) is 4.79 Å². The van der Waals surface area contributed by atoms with Gasteiger partial charge in [0.2, 0.25) is 5.91 Å². The molecule has 1 amide bonds. The van der Waals surface area contributed by atoms with Crippen molar-refractivity contribution in [2.75, 3.05) is 11.9 Å². The predicted octanol–water partition coefficient (Wildman–Crippen LogP) is 3.65. The van der Waals surface area contributed by atoms with Crippen LogP contribution in [0.4, 0.5) is 5.69 Å². The maximum atomic E-state index is 12.0. The maximum absolute atomic E-state index is 12.0. The molecule has 4 nitrogen and oxygen atoms in total. The van der Waals surface area contributed by atoms with Gasteiger partial charge in [-0.1, -0.05) is 25.0 Å². The van der Waals surface area contributed by atoms with Crippen LogP contribution in [-0.4, -0.2) is 24.6 Å². The van der Waals surface area contributed by atoms with Crippen LogP contribution in [0.5, 0.6) is 0 Å². The summed E-state index contributed by atoms with van der Waals surface area (Å²) in [6, 6.07) is 8.36. The van der Waals surface area contributed by atoms with E-state index in [1.807, 2.05) is 24.3 Å². The number of nitrogens with one attached hydrogen (secondary N) is 2. The van der Waals surface area contributed by atoms with Crippen LogP contribution in [0.15, 0.2) is 24.3 Å². The number of hydrogen-bond donors (Lipinski definition) is 2. The van der Waals surface area contributed by atoms with Gasteiger partial charge in [0.1, 0.15) is 0 Å². The molecule has 3 rings (SSSR count). The molecule has 128 valence electrons. The largest absolute Gasteiger partial charge is 0.374 e. The molecule has 1 aromatic carbocycles. The van der Waals surface area contributed by atoms with Crippen LogP contribution in [0.25, 0.3) is 0 Å². The van der Waals surface area contributed by atoms with E-state index in [2.05, 4.69) is 10.6 Å². The third-order valence-electron chi connectivity index (χ3n) is 4.62. The summed E-state index contributed by atoms with van der Waals surface area (Å²) in [5.74, 6) is 0.0920. The fourth-order valence-electron chi connectivity index (χ4n) is 3.32. The van der Waals surface area contributed by atoms with Crippen molar-refractivity contribution in [3.63, 3.8) is 0 Å². The van der Waals surface area contributed by atoms with E-state index < -0.39 is 0 Å². The molecule has 1 atom stereocenters. The third-order valence-corrected chi connectivity index (χ3v) is 4.62. The summed E-state index contributed by atoms with van der Waals surface area (Å²) < 4.78 is 5.90. The fraction of sp³-hybridized carbons (Fsp3) is 0.611. The number of hydrogen-bond acceptors (Lipinski definition) is 3. The van der Waals surface area contributed by atoms with E-state index in [1.54, 1.807) is 0 Å². The molecule has 1 heterocycles. The first-order valence-corrected chi connectivity index (χ1v) is 8.53. The summed E-state index contributed by atoms with van der Waals surface area (Å²) >= 11 is 0. The Kier molecular flexibility index (Phi) is 7.34. The number of amides is 1. The maximum Gasteiger partial charge on any atom is 0.225 e. The summed E-state index contributed by atoms with van der Waals surface area (Å²) in [4.78, 5) is 12.0. The van der Waals surface area contributed by atoms with Crippen LogP contribution >= 0.6 is 12.4 Å². The number of rotatable bonds is 6. The highest BCUT2D eigenvalue weighted by molar-refractivity contribution is 5.91. The Balaban J connectivity index is 0.00000192. The molecule has 1 aliphatic carbocycles. The zero-order valence-electron chi connectivity index (χ0n) is 13.6. The van der Waals surface area contributed by atoms with Gasteiger partial charge in [0.25, 0.3) is 0 Å². The summed E-state index contributed by atoms with van der Waals surface area (Å²) in [6.07, 6.45) is 8.27. The van der Waals surface area contributed by atoms with Crippen LogP contribution in [0.3, 0.4) is 0 Å². The lowest BCUT2D eigenvalue weighted by atomic mass is 10.1. The van der Waals surface area contributed by atoms with E-state index in [-0.39, 0.29) is 18.3 Å². The average Bonchev–Trinajstić information content (AvgIpc) is 3.20. The minimum atomic E-state index is 0. The number of carbonyl (C=O) groups excluding carboxylic acids is 1. The van der Waals surface area contributed by atoms with Gasteiger partial charge in [0.15, 0.2) is 0 Å². The zero-order valence-corrected chi connectivity index (χ0v) is 14.4. The van der Waals surface area contributed by atoms with Crippen molar-refractivity contribution in [3.8, 4) is 0 Å². The van der Waals surface area contributed by atoms with Gasteiger partial charge in [-0.15, -0.1) is 12.4 Å². The first-order chi connectivity index (χ1) is 10.8. The van der Waals surface area contributed by atoms with Gasteiger partial charge in [-0.2, -0.15) is 0 Å². The molecule has 2 fully saturated rings. The van der Waals surface area contributed by atoms with Gasteiger partial charge < -0.3 is 15.4 Å². The quantitative estimate of drug-likeness (QED) is 0.832. The molecular formula is C18H27ClN2O2. The van der Waals surface area contributed by atoms with Gasteiger partial charge in [-0.3, -0.25) is 4.79 Å². The van der Waals surface area contributed by atoms with Crippen LogP contribution in [0, 0.1) is 0 Å². The molecule has 1 aliphatic heterocycles. The molecule has 0 bridgehead atoms. The first kappa shape index (κ1) is 18.2. The Morgan fingerprint density at radius 3 is 2.52 bits per heavy atom. The lowest BCUT2D eigenvalue weighted by Crippen LogP contribution is -2.27. The highest BCUT2D eigenvalue weighted by Gasteiger charge is 2.18. The van der Waals surface area contributed by atoms with E-state index in [0.29, 0.717) is 25.2 Å². The molecule has 0 aromatic heterocycles. The van der Waals surface area contributed by atoms with Gasteiger partial charge in [-0.05, 0) is 49.9 Å². The second kappa shape index (κ2) is 9.26. The first-order valence-electron chi connectivity index (χ1n) is 8.53. The third kappa shape index (κ3) is 5.79. The SMILES string of the molecule is Cl.O=C(CC1CCCN1)Nc1ccc(COC2CCCC2)cc1. The Morgan fingerprint density at radius 2 is 1.87 bits per heavy atom. The second-order valence-electron chi connectivity index (χ2n) is 6.46. The molecular weight excluding hydrogens is 312 g/mol. The minimum Gasteiger partial charge on any atom is -0.374 e. The van der Waals surface area contributed by atoms with Gasteiger partial charge >= 0.3 is 0 Å². The average molecular weight is 339 g/mol.